The number of fused-ring (bicyclic) bond motifs is 3. The van der Waals surface area contributed by atoms with E-state index in [9.17, 15) is 18.0 Å². The van der Waals surface area contributed by atoms with Gasteiger partial charge in [0, 0.05) is 7.05 Å². The van der Waals surface area contributed by atoms with Crippen LogP contribution < -0.4 is 4.90 Å². The van der Waals surface area contributed by atoms with Crippen molar-refractivity contribution in [3.8, 4) is 0 Å². The van der Waals surface area contributed by atoms with E-state index in [-0.39, 0.29) is 24.1 Å². The summed E-state index contributed by atoms with van der Waals surface area (Å²) in [5, 5.41) is 9.06. The summed E-state index contributed by atoms with van der Waals surface area (Å²) in [7, 11) is -1.53. The third kappa shape index (κ3) is 3.16. The highest BCUT2D eigenvalue weighted by Crippen LogP contribution is 2.40. The second-order valence-electron chi connectivity index (χ2n) is 7.16. The third-order valence-corrected chi connectivity index (χ3v) is 6.90. The smallest absolute Gasteiger partial charge is 0.415 e. The lowest BCUT2D eigenvalue weighted by Crippen LogP contribution is -2.41. The lowest BCUT2D eigenvalue weighted by molar-refractivity contribution is 0.0961. The highest BCUT2D eigenvalue weighted by atomic mass is 32.2. The number of anilines is 1. The minimum absolute atomic E-state index is 0.0596. The third-order valence-electron chi connectivity index (χ3n) is 5.39. The molecule has 0 aliphatic carbocycles. The Morgan fingerprint density at radius 3 is 2.85 bits per heavy atom. The average Bonchev–Trinajstić information content (AvgIpc) is 3.12. The number of carboxylic acid groups (broad SMARTS) is 1. The molecule has 1 aromatic rings. The molecule has 3 aliphatic heterocycles. The van der Waals surface area contributed by atoms with Crippen LogP contribution in [0.5, 0.6) is 0 Å². The lowest BCUT2D eigenvalue weighted by Gasteiger charge is -2.21. The van der Waals surface area contributed by atoms with Crippen LogP contribution in [0.3, 0.4) is 0 Å². The monoisotopic (exact) mass is 392 g/mol. The fourth-order valence-electron chi connectivity index (χ4n) is 3.92. The molecule has 9 heteroatoms. The van der Waals surface area contributed by atoms with Gasteiger partial charge >= 0.3 is 12.2 Å². The van der Waals surface area contributed by atoms with Crippen LogP contribution in [-0.2, 0) is 21.0 Å². The molecule has 2 amide bonds. The second kappa shape index (κ2) is 6.26. The Bertz CT molecular complexity index is 955. The van der Waals surface area contributed by atoms with Crippen LogP contribution >= 0.6 is 0 Å². The number of cyclic esters (lactones) is 1. The van der Waals surface area contributed by atoms with Crippen LogP contribution in [0.15, 0.2) is 24.3 Å². The molecule has 4 rings (SSSR count). The first kappa shape index (κ1) is 17.8. The zero-order chi connectivity index (χ0) is 19.3. The van der Waals surface area contributed by atoms with Crippen LogP contribution in [-0.4, -0.2) is 67.9 Å². The van der Waals surface area contributed by atoms with Crippen molar-refractivity contribution in [1.29, 1.82) is 0 Å². The Hall–Kier alpha value is -2.55. The molecular formula is C18H20N2O6S. The Morgan fingerprint density at radius 2 is 2.19 bits per heavy atom. The molecule has 3 aliphatic rings. The Balaban J connectivity index is 1.58. The van der Waals surface area contributed by atoms with E-state index in [0.29, 0.717) is 12.8 Å². The minimum atomic E-state index is -2.98. The number of hydrogen-bond donors (Lipinski definition) is 1. The number of benzene rings is 1. The molecule has 1 fully saturated rings. The van der Waals surface area contributed by atoms with Crippen molar-refractivity contribution in [2.24, 2.45) is 0 Å². The number of carbonyl (C=O) groups excluding carboxylic acids is 1. The summed E-state index contributed by atoms with van der Waals surface area (Å²) in [6.45, 7) is 0.117. The number of sulfone groups is 1. The average molecular weight is 392 g/mol. The molecule has 1 aromatic carbocycles. The van der Waals surface area contributed by atoms with Crippen molar-refractivity contribution >= 4 is 33.3 Å². The van der Waals surface area contributed by atoms with E-state index in [0.717, 1.165) is 27.3 Å². The van der Waals surface area contributed by atoms with Gasteiger partial charge in [0.25, 0.3) is 0 Å². The van der Waals surface area contributed by atoms with E-state index < -0.39 is 28.1 Å². The second-order valence-corrected chi connectivity index (χ2v) is 9.39. The van der Waals surface area contributed by atoms with E-state index in [2.05, 4.69) is 0 Å². The van der Waals surface area contributed by atoms with Crippen LogP contribution in [0.1, 0.15) is 17.5 Å². The Kier molecular flexibility index (Phi) is 4.14. The predicted molar refractivity (Wildman–Crippen MR) is 98.6 cm³/mol. The van der Waals surface area contributed by atoms with Gasteiger partial charge in [0.05, 0.1) is 29.8 Å². The van der Waals surface area contributed by atoms with Crippen LogP contribution in [0.4, 0.5) is 15.3 Å². The zero-order valence-electron chi connectivity index (χ0n) is 14.8. The molecule has 8 nitrogen and oxygen atoms in total. The summed E-state index contributed by atoms with van der Waals surface area (Å²) in [4.78, 5) is 26.1. The fourth-order valence-corrected chi connectivity index (χ4v) is 5.08. The number of nitrogens with zero attached hydrogens (tertiary/aromatic N) is 2. The van der Waals surface area contributed by atoms with Gasteiger partial charge in [0.1, 0.15) is 6.10 Å². The van der Waals surface area contributed by atoms with Crippen LogP contribution in [0.2, 0.25) is 0 Å². The number of rotatable bonds is 3. The zero-order valence-corrected chi connectivity index (χ0v) is 15.6. The number of amides is 2. The van der Waals surface area contributed by atoms with Gasteiger partial charge in [-0.15, -0.1) is 0 Å². The van der Waals surface area contributed by atoms with Gasteiger partial charge in [0.2, 0.25) is 0 Å². The maximum atomic E-state index is 12.3. The van der Waals surface area contributed by atoms with Crippen molar-refractivity contribution in [1.82, 2.24) is 4.90 Å². The van der Waals surface area contributed by atoms with Crippen molar-refractivity contribution < 1.29 is 27.9 Å². The van der Waals surface area contributed by atoms with Gasteiger partial charge in [0.15, 0.2) is 9.84 Å². The van der Waals surface area contributed by atoms with Gasteiger partial charge in [-0.3, -0.25) is 4.90 Å². The van der Waals surface area contributed by atoms with Crippen molar-refractivity contribution in [2.45, 2.75) is 25.0 Å². The van der Waals surface area contributed by atoms with Crippen molar-refractivity contribution in [3.63, 3.8) is 0 Å². The van der Waals surface area contributed by atoms with E-state index in [4.69, 9.17) is 9.84 Å². The van der Waals surface area contributed by atoms with Crippen molar-refractivity contribution in [2.75, 3.05) is 30.0 Å². The molecule has 0 spiro atoms. The first-order chi connectivity index (χ1) is 12.7. The quantitative estimate of drug-likeness (QED) is 0.840. The molecule has 27 heavy (non-hydrogen) atoms. The summed E-state index contributed by atoms with van der Waals surface area (Å²) in [5.74, 6) is 0.213. The summed E-state index contributed by atoms with van der Waals surface area (Å²) in [6.07, 6.45) is 0.782. The fraction of sp³-hybridized carbons (Fsp3) is 0.444. The number of carbonyl (C=O) groups is 2. The van der Waals surface area contributed by atoms with Gasteiger partial charge in [-0.2, -0.15) is 0 Å². The molecule has 0 radical (unpaired) electrons. The highest BCUT2D eigenvalue weighted by Gasteiger charge is 2.48. The normalized spacial score (nSPS) is 25.4. The molecule has 1 N–H and O–H groups in total. The summed E-state index contributed by atoms with van der Waals surface area (Å²) >= 11 is 0. The molecular weight excluding hydrogens is 372 g/mol. The maximum absolute atomic E-state index is 12.3. The summed E-state index contributed by atoms with van der Waals surface area (Å²) in [6, 6.07) is 5.53. The molecule has 1 saturated heterocycles. The standard InChI is InChI=1S/C18H20N2O6S/c1-19(17(21)22)10-16-15-9-13-8-12(11-4-6-27(24,25)7-5-11)2-3-14(13)20(15)18(23)26-16/h2-4,8,15-16H,5-7,9-10H2,1H3,(H,21,22)/t15-,16-/m0/s1. The van der Waals surface area contributed by atoms with Crippen molar-refractivity contribution in [3.05, 3.63) is 35.4 Å². The number of allylic oxidation sites excluding steroid dienone is 1. The largest absolute Gasteiger partial charge is 0.465 e. The Labute approximate surface area is 156 Å². The summed E-state index contributed by atoms with van der Waals surface area (Å²) in [5.41, 5.74) is 3.74. The van der Waals surface area contributed by atoms with Gasteiger partial charge < -0.3 is 14.7 Å². The van der Waals surface area contributed by atoms with E-state index in [1.807, 2.05) is 18.2 Å². The first-order valence-electron chi connectivity index (χ1n) is 8.72. The summed E-state index contributed by atoms with van der Waals surface area (Å²) < 4.78 is 28.6. The number of hydrogen-bond acceptors (Lipinski definition) is 5. The van der Waals surface area contributed by atoms with Gasteiger partial charge in [-0.05, 0) is 41.7 Å². The van der Waals surface area contributed by atoms with Crippen LogP contribution in [0, 0.1) is 0 Å². The molecule has 144 valence electrons. The molecule has 0 saturated carbocycles. The molecule has 0 unspecified atom stereocenters. The van der Waals surface area contributed by atoms with Crippen LogP contribution in [0.25, 0.3) is 5.57 Å². The first-order valence-corrected chi connectivity index (χ1v) is 10.5. The molecule has 0 aromatic heterocycles. The molecule has 2 atom stereocenters. The lowest BCUT2D eigenvalue weighted by atomic mass is 9.98. The molecule has 0 bridgehead atoms. The van der Waals surface area contributed by atoms with E-state index in [1.165, 1.54) is 7.05 Å². The predicted octanol–water partition coefficient (Wildman–Crippen LogP) is 1.75. The van der Waals surface area contributed by atoms with E-state index in [1.54, 1.807) is 11.0 Å². The van der Waals surface area contributed by atoms with E-state index >= 15 is 0 Å². The highest BCUT2D eigenvalue weighted by molar-refractivity contribution is 7.91. The Morgan fingerprint density at radius 1 is 1.41 bits per heavy atom. The maximum Gasteiger partial charge on any atom is 0.415 e. The number of ether oxygens (including phenoxy) is 1. The molecule has 3 heterocycles. The SMILES string of the molecule is CN(C[C@@H]1OC(=O)N2c3ccc(C4=CCS(=O)(=O)CC4)cc3C[C@@H]12)C(=O)O. The topological polar surface area (TPSA) is 104 Å². The minimum Gasteiger partial charge on any atom is -0.465 e. The van der Waals surface area contributed by atoms with Gasteiger partial charge in [-0.1, -0.05) is 12.1 Å². The van der Waals surface area contributed by atoms with Gasteiger partial charge in [-0.25, -0.2) is 18.0 Å². The number of likely N-dealkylation sites (N-methyl/N-ethyl adjacent to an activating group) is 1.